The van der Waals surface area contributed by atoms with Crippen LogP contribution in [0.15, 0.2) is 0 Å². The molecule has 7 heteroatoms. The summed E-state index contributed by atoms with van der Waals surface area (Å²) in [6.07, 6.45) is -0.541. The van der Waals surface area contributed by atoms with Crippen molar-refractivity contribution in [1.82, 2.24) is 15.6 Å². The first-order chi connectivity index (χ1) is 11.2. The first-order valence-corrected chi connectivity index (χ1v) is 8.23. The van der Waals surface area contributed by atoms with Crippen LogP contribution in [0.1, 0.15) is 73.6 Å². The first-order valence-electron chi connectivity index (χ1n) is 8.23. The third-order valence-electron chi connectivity index (χ3n) is 3.54. The van der Waals surface area contributed by atoms with E-state index in [-0.39, 0.29) is 18.2 Å². The number of amides is 2. The zero-order chi connectivity index (χ0) is 19.6. The topological polar surface area (TPSA) is 100 Å². The molecule has 0 aliphatic heterocycles. The molecule has 1 aromatic rings. The molecular formula is C18H29N3O4. The van der Waals surface area contributed by atoms with E-state index >= 15 is 0 Å². The molecule has 0 unspecified atom stereocenters. The summed E-state index contributed by atoms with van der Waals surface area (Å²) in [7, 11) is 0. The van der Waals surface area contributed by atoms with Crippen LogP contribution >= 0.6 is 0 Å². The van der Waals surface area contributed by atoms with Crippen molar-refractivity contribution in [3.63, 3.8) is 0 Å². The van der Waals surface area contributed by atoms with Gasteiger partial charge in [0.25, 0.3) is 5.91 Å². The Labute approximate surface area is 148 Å². The molecule has 3 N–H and O–H groups in total. The molecule has 25 heavy (non-hydrogen) atoms. The van der Waals surface area contributed by atoms with Gasteiger partial charge in [-0.25, -0.2) is 4.79 Å². The number of hydrogen-bond acceptors (Lipinski definition) is 4. The van der Waals surface area contributed by atoms with E-state index in [0.29, 0.717) is 22.5 Å². The molecule has 0 radical (unpaired) electrons. The molecule has 0 saturated heterocycles. The molecule has 0 saturated carbocycles. The second-order valence-corrected chi connectivity index (χ2v) is 7.87. The highest BCUT2D eigenvalue weighted by Gasteiger charge is 2.26. The Morgan fingerprint density at radius 2 is 1.64 bits per heavy atom. The number of rotatable bonds is 5. The fraction of sp³-hybridized carbons (Fsp3) is 0.611. The predicted molar refractivity (Wildman–Crippen MR) is 96.1 cm³/mol. The molecule has 0 aliphatic rings. The highest BCUT2D eigenvalue weighted by molar-refractivity contribution is 6.02. The molecule has 0 bridgehead atoms. The van der Waals surface area contributed by atoms with E-state index in [4.69, 9.17) is 4.74 Å². The van der Waals surface area contributed by atoms with Crippen LogP contribution in [0, 0.1) is 13.8 Å². The minimum atomic E-state index is -0.699. The van der Waals surface area contributed by atoms with Gasteiger partial charge in [-0.2, -0.15) is 0 Å². The number of carbonyl (C=O) groups excluding carboxylic acids is 3. The van der Waals surface area contributed by atoms with Crippen molar-refractivity contribution in [3.05, 3.63) is 22.5 Å². The number of aromatic amines is 1. The Balaban J connectivity index is 2.77. The van der Waals surface area contributed by atoms with Gasteiger partial charge < -0.3 is 20.4 Å². The smallest absolute Gasteiger partial charge is 0.407 e. The van der Waals surface area contributed by atoms with Crippen LogP contribution in [0.3, 0.4) is 0 Å². The van der Waals surface area contributed by atoms with Crippen LogP contribution in [-0.2, 0) is 4.74 Å². The van der Waals surface area contributed by atoms with Gasteiger partial charge in [-0.3, -0.25) is 9.59 Å². The van der Waals surface area contributed by atoms with E-state index in [9.17, 15) is 14.4 Å². The van der Waals surface area contributed by atoms with Crippen molar-refractivity contribution in [3.8, 4) is 0 Å². The van der Waals surface area contributed by atoms with Gasteiger partial charge in [0, 0.05) is 17.8 Å². The summed E-state index contributed by atoms with van der Waals surface area (Å²) in [6.45, 7) is 14.1. The number of ketones is 1. The van der Waals surface area contributed by atoms with Crippen molar-refractivity contribution in [1.29, 1.82) is 0 Å². The minimum absolute atomic E-state index is 0.0869. The Hall–Kier alpha value is -2.31. The van der Waals surface area contributed by atoms with Crippen LogP contribution in [0.25, 0.3) is 0 Å². The van der Waals surface area contributed by atoms with E-state index in [2.05, 4.69) is 15.6 Å². The molecule has 7 nitrogen and oxygen atoms in total. The predicted octanol–water partition coefficient (Wildman–Crippen LogP) is 2.87. The van der Waals surface area contributed by atoms with Gasteiger partial charge in [0.15, 0.2) is 5.78 Å². The molecule has 1 aromatic heterocycles. The molecule has 1 heterocycles. The lowest BCUT2D eigenvalue weighted by Gasteiger charge is -2.27. The second-order valence-electron chi connectivity index (χ2n) is 7.87. The lowest BCUT2D eigenvalue weighted by molar-refractivity contribution is 0.0509. The summed E-state index contributed by atoms with van der Waals surface area (Å²) in [5, 5.41) is 5.50. The molecule has 0 aromatic carbocycles. The zero-order valence-electron chi connectivity index (χ0n) is 16.3. The average Bonchev–Trinajstić information content (AvgIpc) is 2.69. The number of nitrogens with one attached hydrogen (secondary N) is 3. The Kier molecular flexibility index (Phi) is 6.05. The van der Waals surface area contributed by atoms with Crippen LogP contribution in [0.2, 0.25) is 0 Å². The van der Waals surface area contributed by atoms with Gasteiger partial charge >= 0.3 is 6.09 Å². The van der Waals surface area contributed by atoms with Crippen molar-refractivity contribution >= 4 is 17.8 Å². The number of aryl methyl sites for hydroxylation is 1. The fourth-order valence-corrected chi connectivity index (χ4v) is 2.53. The van der Waals surface area contributed by atoms with Gasteiger partial charge in [0.1, 0.15) is 11.3 Å². The summed E-state index contributed by atoms with van der Waals surface area (Å²) < 4.78 is 5.18. The summed E-state index contributed by atoms with van der Waals surface area (Å²) in [4.78, 5) is 38.9. The van der Waals surface area contributed by atoms with Gasteiger partial charge in [0.2, 0.25) is 0 Å². The summed E-state index contributed by atoms with van der Waals surface area (Å²) in [5.41, 5.74) is 0.899. The van der Waals surface area contributed by atoms with Crippen molar-refractivity contribution in [2.45, 2.75) is 66.5 Å². The number of carbonyl (C=O) groups is 3. The molecule has 0 spiro atoms. The van der Waals surface area contributed by atoms with Crippen molar-refractivity contribution in [2.24, 2.45) is 0 Å². The molecule has 1 rings (SSSR count). The average molecular weight is 351 g/mol. The quantitative estimate of drug-likeness (QED) is 0.710. The maximum atomic E-state index is 12.5. The summed E-state index contributed by atoms with van der Waals surface area (Å²) in [6, 6.07) is 0. The SMILES string of the molecule is CC(=O)c1c(C)[nH]c(C(=O)NC(C)(C)CNC(=O)OC(C)(C)C)c1C. The maximum Gasteiger partial charge on any atom is 0.407 e. The molecule has 140 valence electrons. The van der Waals surface area contributed by atoms with Crippen molar-refractivity contribution in [2.75, 3.05) is 6.54 Å². The molecule has 0 aliphatic carbocycles. The highest BCUT2D eigenvalue weighted by Crippen LogP contribution is 2.19. The van der Waals surface area contributed by atoms with Crippen LogP contribution in [-0.4, -0.2) is 40.5 Å². The summed E-state index contributed by atoms with van der Waals surface area (Å²) >= 11 is 0. The lowest BCUT2D eigenvalue weighted by Crippen LogP contribution is -2.52. The van der Waals surface area contributed by atoms with E-state index < -0.39 is 17.2 Å². The monoisotopic (exact) mass is 351 g/mol. The fourth-order valence-electron chi connectivity index (χ4n) is 2.53. The lowest BCUT2D eigenvalue weighted by atomic mass is 10.0. The third-order valence-corrected chi connectivity index (χ3v) is 3.54. The number of alkyl carbamates (subject to hydrolysis) is 1. The number of Topliss-reactive ketones (excluding diaryl/α,β-unsaturated/α-hetero) is 1. The molecule has 0 atom stereocenters. The number of aromatic nitrogens is 1. The number of H-pyrrole nitrogens is 1. The van der Waals surface area contributed by atoms with Gasteiger partial charge in [-0.1, -0.05) is 0 Å². The van der Waals surface area contributed by atoms with E-state index in [1.54, 1.807) is 48.5 Å². The van der Waals surface area contributed by atoms with Gasteiger partial charge in [0.05, 0.1) is 5.54 Å². The Bertz CT molecular complexity index is 681. The number of hydrogen-bond donors (Lipinski definition) is 3. The van der Waals surface area contributed by atoms with Crippen molar-refractivity contribution < 1.29 is 19.1 Å². The Morgan fingerprint density at radius 3 is 2.08 bits per heavy atom. The van der Waals surface area contributed by atoms with Gasteiger partial charge in [-0.15, -0.1) is 0 Å². The van der Waals surface area contributed by atoms with Gasteiger partial charge in [-0.05, 0) is 61.0 Å². The summed E-state index contributed by atoms with van der Waals surface area (Å²) in [5.74, 6) is -0.416. The second kappa shape index (κ2) is 7.29. The van der Waals surface area contributed by atoms with Crippen LogP contribution in [0.5, 0.6) is 0 Å². The van der Waals surface area contributed by atoms with Crippen LogP contribution in [0.4, 0.5) is 4.79 Å². The molecule has 2 amide bonds. The minimum Gasteiger partial charge on any atom is -0.444 e. The van der Waals surface area contributed by atoms with E-state index in [0.717, 1.165) is 0 Å². The normalized spacial score (nSPS) is 11.8. The van der Waals surface area contributed by atoms with E-state index in [1.807, 2.05) is 0 Å². The standard InChI is InChI=1S/C18H29N3O4/c1-10-13(12(3)22)11(2)20-14(10)15(23)21-18(7,8)9-19-16(24)25-17(4,5)6/h20H,9H2,1-8H3,(H,19,24)(H,21,23). The zero-order valence-corrected chi connectivity index (χ0v) is 16.3. The van der Waals surface area contributed by atoms with Crippen LogP contribution < -0.4 is 10.6 Å². The highest BCUT2D eigenvalue weighted by atomic mass is 16.6. The third kappa shape index (κ3) is 5.92. The molecular weight excluding hydrogens is 322 g/mol. The van der Waals surface area contributed by atoms with E-state index in [1.165, 1.54) is 6.92 Å². The molecule has 0 fully saturated rings. The number of ether oxygens (including phenoxy) is 1. The Morgan fingerprint density at radius 1 is 1.08 bits per heavy atom. The largest absolute Gasteiger partial charge is 0.444 e. The maximum absolute atomic E-state index is 12.5. The first kappa shape index (κ1) is 20.7.